The molecule has 104 valence electrons. The Kier molecular flexibility index (Phi) is 4.13. The van der Waals surface area contributed by atoms with Crippen molar-refractivity contribution >= 4 is 27.6 Å². The van der Waals surface area contributed by atoms with E-state index in [-0.39, 0.29) is 15.5 Å². The lowest BCUT2D eigenvalue weighted by Gasteiger charge is -2.17. The molecule has 1 aromatic rings. The minimum Gasteiger partial charge on any atom is -0.465 e. The van der Waals surface area contributed by atoms with Gasteiger partial charge in [-0.2, -0.15) is 4.31 Å². The molecule has 1 fully saturated rings. The van der Waals surface area contributed by atoms with Crippen LogP contribution >= 0.6 is 11.6 Å². The molecule has 0 aromatic heterocycles. The van der Waals surface area contributed by atoms with Crippen molar-refractivity contribution in [1.82, 2.24) is 4.31 Å². The topological polar surface area (TPSA) is 63.7 Å². The number of benzene rings is 1. The number of rotatable bonds is 3. The molecule has 1 heterocycles. The number of carbonyl (C=O) groups excluding carboxylic acids is 1. The van der Waals surface area contributed by atoms with Crippen LogP contribution in [-0.2, 0) is 14.8 Å². The average Bonchev–Trinajstić information content (AvgIpc) is 2.92. The number of halogens is 1. The van der Waals surface area contributed by atoms with E-state index >= 15 is 0 Å². The maximum atomic E-state index is 12.5. The maximum absolute atomic E-state index is 12.5. The Labute approximate surface area is 117 Å². The molecule has 19 heavy (non-hydrogen) atoms. The summed E-state index contributed by atoms with van der Waals surface area (Å²) in [6, 6.07) is 4.13. The van der Waals surface area contributed by atoms with Crippen molar-refractivity contribution in [3.05, 3.63) is 28.8 Å². The minimum atomic E-state index is -3.70. The van der Waals surface area contributed by atoms with Crippen LogP contribution in [0, 0.1) is 0 Å². The Bertz CT molecular complexity index is 594. The van der Waals surface area contributed by atoms with E-state index < -0.39 is 16.0 Å². The van der Waals surface area contributed by atoms with Crippen LogP contribution in [-0.4, -0.2) is 38.9 Å². The second-order valence-electron chi connectivity index (χ2n) is 4.24. The maximum Gasteiger partial charge on any atom is 0.339 e. The largest absolute Gasteiger partial charge is 0.465 e. The van der Waals surface area contributed by atoms with E-state index in [1.807, 2.05) is 0 Å². The first-order valence-electron chi connectivity index (χ1n) is 5.85. The fraction of sp³-hybridized carbons (Fsp3) is 0.417. The fourth-order valence-corrected chi connectivity index (χ4v) is 4.01. The number of ether oxygens (including phenoxy) is 1. The van der Waals surface area contributed by atoms with Crippen molar-refractivity contribution in [3.8, 4) is 0 Å². The van der Waals surface area contributed by atoms with Crippen LogP contribution in [0.5, 0.6) is 0 Å². The molecule has 0 N–H and O–H groups in total. The summed E-state index contributed by atoms with van der Waals surface area (Å²) in [7, 11) is -2.49. The molecule has 1 saturated heterocycles. The fourth-order valence-electron chi connectivity index (χ4n) is 2.06. The van der Waals surface area contributed by atoms with Gasteiger partial charge in [0.05, 0.1) is 17.6 Å². The molecule has 0 radical (unpaired) electrons. The van der Waals surface area contributed by atoms with Gasteiger partial charge in [-0.25, -0.2) is 13.2 Å². The van der Waals surface area contributed by atoms with E-state index in [4.69, 9.17) is 11.6 Å². The third-order valence-corrected chi connectivity index (χ3v) is 5.21. The summed E-state index contributed by atoms with van der Waals surface area (Å²) in [6.45, 7) is 0.935. The predicted octanol–water partition coefficient (Wildman–Crippen LogP) is 1.91. The molecule has 5 nitrogen and oxygen atoms in total. The van der Waals surface area contributed by atoms with Gasteiger partial charge in [-0.3, -0.25) is 0 Å². The molecule has 0 atom stereocenters. The second kappa shape index (κ2) is 5.48. The lowest BCUT2D eigenvalue weighted by molar-refractivity contribution is 0.0596. The highest BCUT2D eigenvalue weighted by Gasteiger charge is 2.31. The molecular weight excluding hydrogens is 290 g/mol. The lowest BCUT2D eigenvalue weighted by atomic mass is 10.2. The number of nitrogens with zero attached hydrogens (tertiary/aromatic N) is 1. The standard InChI is InChI=1S/C12H14ClNO4S/c1-18-12(15)10-5-4-9(13)8-11(10)19(16,17)14-6-2-3-7-14/h4-5,8H,2-3,6-7H2,1H3. The normalized spacial score (nSPS) is 16.5. The highest BCUT2D eigenvalue weighted by molar-refractivity contribution is 7.89. The van der Waals surface area contributed by atoms with E-state index in [0.29, 0.717) is 13.1 Å². The number of esters is 1. The van der Waals surface area contributed by atoms with Gasteiger partial charge in [0, 0.05) is 18.1 Å². The molecule has 0 saturated carbocycles. The molecular formula is C12H14ClNO4S. The Morgan fingerprint density at radius 1 is 1.32 bits per heavy atom. The van der Waals surface area contributed by atoms with Crippen LogP contribution in [0.4, 0.5) is 0 Å². The van der Waals surface area contributed by atoms with Crippen molar-refractivity contribution in [3.63, 3.8) is 0 Å². The smallest absolute Gasteiger partial charge is 0.339 e. The van der Waals surface area contributed by atoms with Crippen molar-refractivity contribution in [1.29, 1.82) is 0 Å². The van der Waals surface area contributed by atoms with Gasteiger partial charge in [0.1, 0.15) is 0 Å². The summed E-state index contributed by atoms with van der Waals surface area (Å²) < 4.78 is 31.0. The Hall–Kier alpha value is -1.11. The Morgan fingerprint density at radius 3 is 2.53 bits per heavy atom. The minimum absolute atomic E-state index is 0.0128. The quantitative estimate of drug-likeness (QED) is 0.800. The molecule has 1 aliphatic rings. The van der Waals surface area contributed by atoms with Crippen LogP contribution < -0.4 is 0 Å². The first-order chi connectivity index (χ1) is 8.96. The molecule has 7 heteroatoms. The van der Waals surface area contributed by atoms with Gasteiger partial charge < -0.3 is 4.74 Å². The van der Waals surface area contributed by atoms with Crippen molar-refractivity contribution in [2.45, 2.75) is 17.7 Å². The first kappa shape index (κ1) is 14.3. The zero-order chi connectivity index (χ0) is 14.0. The highest BCUT2D eigenvalue weighted by atomic mass is 35.5. The summed E-state index contributed by atoms with van der Waals surface area (Å²) in [6.07, 6.45) is 1.65. The number of methoxy groups -OCH3 is 1. The van der Waals surface area contributed by atoms with E-state index in [1.54, 1.807) is 0 Å². The van der Waals surface area contributed by atoms with Crippen molar-refractivity contribution < 1.29 is 17.9 Å². The van der Waals surface area contributed by atoms with Crippen LogP contribution in [0.3, 0.4) is 0 Å². The first-order valence-corrected chi connectivity index (χ1v) is 7.66. The van der Waals surface area contributed by atoms with Gasteiger partial charge in [-0.05, 0) is 31.0 Å². The zero-order valence-electron chi connectivity index (χ0n) is 10.4. The molecule has 0 bridgehead atoms. The Morgan fingerprint density at radius 2 is 1.95 bits per heavy atom. The number of carbonyl (C=O) groups is 1. The predicted molar refractivity (Wildman–Crippen MR) is 70.8 cm³/mol. The van der Waals surface area contributed by atoms with Gasteiger partial charge in [-0.15, -0.1) is 0 Å². The molecule has 1 aliphatic heterocycles. The van der Waals surface area contributed by atoms with Gasteiger partial charge in [0.2, 0.25) is 10.0 Å². The van der Waals surface area contributed by atoms with E-state index in [2.05, 4.69) is 4.74 Å². The monoisotopic (exact) mass is 303 g/mol. The Balaban J connectivity index is 2.53. The van der Waals surface area contributed by atoms with Crippen molar-refractivity contribution in [2.75, 3.05) is 20.2 Å². The summed E-state index contributed by atoms with van der Waals surface area (Å²) in [5.74, 6) is -0.686. The summed E-state index contributed by atoms with van der Waals surface area (Å²) in [5, 5.41) is 0.269. The van der Waals surface area contributed by atoms with E-state index in [9.17, 15) is 13.2 Å². The molecule has 0 unspecified atom stereocenters. The van der Waals surface area contributed by atoms with E-state index in [1.165, 1.54) is 29.6 Å². The third kappa shape index (κ3) is 2.75. The van der Waals surface area contributed by atoms with E-state index in [0.717, 1.165) is 12.8 Å². The SMILES string of the molecule is COC(=O)c1ccc(Cl)cc1S(=O)(=O)N1CCCC1. The van der Waals surface area contributed by atoms with Crippen LogP contribution in [0.25, 0.3) is 0 Å². The third-order valence-electron chi connectivity index (χ3n) is 3.03. The summed E-state index contributed by atoms with van der Waals surface area (Å²) >= 11 is 5.84. The summed E-state index contributed by atoms with van der Waals surface area (Å²) in [5.41, 5.74) is 0.0128. The second-order valence-corrected chi connectivity index (χ2v) is 6.59. The number of hydrogen-bond acceptors (Lipinski definition) is 4. The van der Waals surface area contributed by atoms with Gasteiger partial charge in [-0.1, -0.05) is 11.6 Å². The van der Waals surface area contributed by atoms with Crippen LogP contribution in [0.2, 0.25) is 5.02 Å². The molecule has 0 spiro atoms. The molecule has 1 aromatic carbocycles. The highest BCUT2D eigenvalue weighted by Crippen LogP contribution is 2.27. The van der Waals surface area contributed by atoms with Crippen molar-refractivity contribution in [2.24, 2.45) is 0 Å². The lowest BCUT2D eigenvalue weighted by Crippen LogP contribution is -2.29. The molecule has 0 amide bonds. The van der Waals surface area contributed by atoms with Gasteiger partial charge >= 0.3 is 5.97 Å². The number of sulfonamides is 1. The van der Waals surface area contributed by atoms with Crippen LogP contribution in [0.1, 0.15) is 23.2 Å². The molecule has 0 aliphatic carbocycles. The zero-order valence-corrected chi connectivity index (χ0v) is 12.0. The van der Waals surface area contributed by atoms with Crippen LogP contribution in [0.15, 0.2) is 23.1 Å². The average molecular weight is 304 g/mol. The summed E-state index contributed by atoms with van der Waals surface area (Å²) in [4.78, 5) is 11.6. The van der Waals surface area contributed by atoms with Gasteiger partial charge in [0.25, 0.3) is 0 Å². The number of hydrogen-bond donors (Lipinski definition) is 0. The van der Waals surface area contributed by atoms with Gasteiger partial charge in [0.15, 0.2) is 0 Å². The molecule has 2 rings (SSSR count).